The Balaban J connectivity index is 1.38. The molecule has 0 saturated carbocycles. The summed E-state index contributed by atoms with van der Waals surface area (Å²) in [5, 5.41) is 0. The number of para-hydroxylation sites is 1. The molecule has 0 radical (unpaired) electrons. The molecule has 1 heterocycles. The quantitative estimate of drug-likeness (QED) is 0.213. The number of carbonyl (C=O) groups is 1. The first kappa shape index (κ1) is 28.0. The minimum atomic E-state index is -0.415. The van der Waals surface area contributed by atoms with Crippen molar-refractivity contribution in [1.29, 1.82) is 0 Å². The topological polar surface area (TPSA) is 54.5 Å². The van der Waals surface area contributed by atoms with Gasteiger partial charge in [-0.15, -0.1) is 0 Å². The normalized spacial score (nSPS) is 14.0. The van der Waals surface area contributed by atoms with Gasteiger partial charge in [-0.05, 0) is 68.5 Å². The van der Waals surface area contributed by atoms with Crippen LogP contribution in [0.4, 0.5) is 5.69 Å². The van der Waals surface area contributed by atoms with Crippen LogP contribution in [0.1, 0.15) is 22.3 Å². The fraction of sp³-hybridized carbons (Fsp3) is 0.367. The summed E-state index contributed by atoms with van der Waals surface area (Å²) in [5.74, 6) is 1.67. The second-order valence-electron chi connectivity index (χ2n) is 9.61. The third-order valence-electron chi connectivity index (χ3n) is 6.51. The maximum absolute atomic E-state index is 12.3. The maximum Gasteiger partial charge on any atom is 0.341 e. The highest BCUT2D eigenvalue weighted by Crippen LogP contribution is 2.31. The third kappa shape index (κ3) is 7.72. The van der Waals surface area contributed by atoms with Crippen molar-refractivity contribution in [3.63, 3.8) is 0 Å². The maximum atomic E-state index is 12.3. The van der Waals surface area contributed by atoms with Gasteiger partial charge < -0.3 is 24.0 Å². The summed E-state index contributed by atoms with van der Waals surface area (Å²) >= 11 is 3.72. The molecule has 1 saturated heterocycles. The van der Waals surface area contributed by atoms with Crippen molar-refractivity contribution in [3.05, 3.63) is 82.3 Å². The molecule has 0 bridgehead atoms. The van der Waals surface area contributed by atoms with Gasteiger partial charge in [-0.3, -0.25) is 4.90 Å². The van der Waals surface area contributed by atoms with Gasteiger partial charge in [0.25, 0.3) is 0 Å². The van der Waals surface area contributed by atoms with Crippen molar-refractivity contribution < 1.29 is 19.0 Å². The minimum absolute atomic E-state index is 0.410. The van der Waals surface area contributed by atoms with E-state index in [-0.39, 0.29) is 0 Å². The SMILES string of the molecule is COC(=O)c1ccc(N2CCN(Cc3cc(OCCCN(C)C)ccc3Br)CC2)cc1Oc1ccccc1. The van der Waals surface area contributed by atoms with Gasteiger partial charge in [-0.25, -0.2) is 4.79 Å². The van der Waals surface area contributed by atoms with Crippen molar-refractivity contribution in [2.75, 3.05) is 65.4 Å². The van der Waals surface area contributed by atoms with Crippen LogP contribution < -0.4 is 14.4 Å². The highest BCUT2D eigenvalue weighted by molar-refractivity contribution is 9.10. The number of hydrogen-bond acceptors (Lipinski definition) is 7. The van der Waals surface area contributed by atoms with Crippen LogP contribution in [-0.2, 0) is 11.3 Å². The monoisotopic (exact) mass is 581 g/mol. The van der Waals surface area contributed by atoms with Crippen LogP contribution in [0.3, 0.4) is 0 Å². The lowest BCUT2D eigenvalue weighted by molar-refractivity contribution is 0.0598. The van der Waals surface area contributed by atoms with Crippen molar-refractivity contribution in [2.45, 2.75) is 13.0 Å². The molecule has 3 aromatic carbocycles. The number of piperazine rings is 1. The standard InChI is InChI=1S/C30H36BrN3O4/c1-32(2)14-7-19-37-26-11-13-28(31)23(20-26)22-33-15-17-34(18-16-33)24-10-12-27(30(35)36-3)29(21-24)38-25-8-5-4-6-9-25/h4-6,8-13,20-21H,7,14-19,22H2,1-3H3. The van der Waals surface area contributed by atoms with Crippen LogP contribution in [0.5, 0.6) is 17.2 Å². The Labute approximate surface area is 234 Å². The van der Waals surface area contributed by atoms with Crippen LogP contribution in [0.15, 0.2) is 71.2 Å². The molecule has 0 atom stereocenters. The van der Waals surface area contributed by atoms with E-state index in [0.717, 1.165) is 61.6 Å². The highest BCUT2D eigenvalue weighted by atomic mass is 79.9. The molecule has 1 aliphatic rings. The Morgan fingerprint density at radius 2 is 1.71 bits per heavy atom. The molecular weight excluding hydrogens is 546 g/mol. The molecule has 7 nitrogen and oxygen atoms in total. The third-order valence-corrected chi connectivity index (χ3v) is 7.28. The molecule has 0 N–H and O–H groups in total. The van der Waals surface area contributed by atoms with Crippen molar-refractivity contribution in [1.82, 2.24) is 9.80 Å². The summed E-state index contributed by atoms with van der Waals surface area (Å²) in [6, 6.07) is 21.4. The van der Waals surface area contributed by atoms with Crippen LogP contribution in [-0.4, -0.2) is 76.3 Å². The van der Waals surface area contributed by atoms with Crippen LogP contribution in [0.2, 0.25) is 0 Å². The zero-order chi connectivity index (χ0) is 26.9. The van der Waals surface area contributed by atoms with Gasteiger partial charge in [-0.1, -0.05) is 34.1 Å². The zero-order valence-electron chi connectivity index (χ0n) is 22.4. The molecule has 0 amide bonds. The second-order valence-corrected chi connectivity index (χ2v) is 10.5. The van der Waals surface area contributed by atoms with Gasteiger partial charge in [0, 0.05) is 55.5 Å². The highest BCUT2D eigenvalue weighted by Gasteiger charge is 2.21. The lowest BCUT2D eigenvalue weighted by atomic mass is 10.1. The van der Waals surface area contributed by atoms with E-state index >= 15 is 0 Å². The fourth-order valence-corrected chi connectivity index (χ4v) is 4.80. The number of halogens is 1. The summed E-state index contributed by atoms with van der Waals surface area (Å²) in [7, 11) is 5.53. The van der Waals surface area contributed by atoms with Crippen molar-refractivity contribution in [2.24, 2.45) is 0 Å². The molecule has 4 rings (SSSR count). The number of hydrogen-bond donors (Lipinski definition) is 0. The van der Waals surface area contributed by atoms with Gasteiger partial charge in [0.2, 0.25) is 0 Å². The van der Waals surface area contributed by atoms with Gasteiger partial charge >= 0.3 is 5.97 Å². The second kappa shape index (κ2) is 13.6. The molecule has 0 aromatic heterocycles. The average molecular weight is 583 g/mol. The Morgan fingerprint density at radius 1 is 0.947 bits per heavy atom. The summed E-state index contributed by atoms with van der Waals surface area (Å²) in [6.45, 7) is 6.18. The van der Waals surface area contributed by atoms with E-state index in [2.05, 4.69) is 56.9 Å². The molecule has 1 aliphatic heterocycles. The zero-order valence-corrected chi connectivity index (χ0v) is 23.9. The largest absolute Gasteiger partial charge is 0.494 e. The first-order valence-electron chi connectivity index (χ1n) is 12.9. The summed E-state index contributed by atoms with van der Waals surface area (Å²) in [4.78, 5) is 19.3. The van der Waals surface area contributed by atoms with E-state index < -0.39 is 5.97 Å². The predicted molar refractivity (Wildman–Crippen MR) is 155 cm³/mol. The molecule has 38 heavy (non-hydrogen) atoms. The van der Waals surface area contributed by atoms with E-state index in [0.29, 0.717) is 23.7 Å². The number of anilines is 1. The van der Waals surface area contributed by atoms with Gasteiger partial charge in [0.05, 0.1) is 13.7 Å². The van der Waals surface area contributed by atoms with Crippen molar-refractivity contribution >= 4 is 27.6 Å². The van der Waals surface area contributed by atoms with Crippen LogP contribution >= 0.6 is 15.9 Å². The van der Waals surface area contributed by atoms with Crippen LogP contribution in [0.25, 0.3) is 0 Å². The number of benzene rings is 3. The van der Waals surface area contributed by atoms with E-state index in [9.17, 15) is 4.79 Å². The van der Waals surface area contributed by atoms with Gasteiger partial charge in [-0.2, -0.15) is 0 Å². The van der Waals surface area contributed by atoms with E-state index in [1.54, 1.807) is 6.07 Å². The lowest BCUT2D eigenvalue weighted by Crippen LogP contribution is -2.46. The summed E-state index contributed by atoms with van der Waals surface area (Å²) < 4.78 is 18.1. The number of ether oxygens (including phenoxy) is 3. The Morgan fingerprint density at radius 3 is 2.42 bits per heavy atom. The predicted octanol–water partition coefficient (Wildman–Crippen LogP) is 5.68. The van der Waals surface area contributed by atoms with Crippen molar-refractivity contribution in [3.8, 4) is 17.2 Å². The Hall–Kier alpha value is -3.07. The number of carbonyl (C=O) groups excluding carboxylic acids is 1. The first-order chi connectivity index (χ1) is 18.4. The molecule has 8 heteroatoms. The summed E-state index contributed by atoms with van der Waals surface area (Å²) in [6.07, 6.45) is 0.999. The molecular formula is C30H36BrN3O4. The van der Waals surface area contributed by atoms with E-state index in [1.165, 1.54) is 12.7 Å². The first-order valence-corrected chi connectivity index (χ1v) is 13.7. The van der Waals surface area contributed by atoms with Gasteiger partial charge in [0.1, 0.15) is 22.8 Å². The van der Waals surface area contributed by atoms with E-state index in [4.69, 9.17) is 14.2 Å². The number of esters is 1. The Kier molecular flexibility index (Phi) is 10.0. The molecule has 0 spiro atoms. The fourth-order valence-electron chi connectivity index (χ4n) is 4.42. The Bertz CT molecular complexity index is 1200. The molecule has 202 valence electrons. The molecule has 0 aliphatic carbocycles. The smallest absolute Gasteiger partial charge is 0.341 e. The molecule has 1 fully saturated rings. The lowest BCUT2D eigenvalue weighted by Gasteiger charge is -2.36. The number of rotatable bonds is 11. The van der Waals surface area contributed by atoms with Gasteiger partial charge in [0.15, 0.2) is 0 Å². The minimum Gasteiger partial charge on any atom is -0.494 e. The summed E-state index contributed by atoms with van der Waals surface area (Å²) in [5.41, 5.74) is 2.66. The molecule has 0 unspecified atom stereocenters. The number of methoxy groups -OCH3 is 1. The number of nitrogens with zero attached hydrogens (tertiary/aromatic N) is 3. The average Bonchev–Trinajstić information content (AvgIpc) is 2.93. The van der Waals surface area contributed by atoms with Crippen LogP contribution in [0, 0.1) is 0 Å². The molecule has 3 aromatic rings. The van der Waals surface area contributed by atoms with E-state index in [1.807, 2.05) is 48.5 Å².